The zero-order valence-electron chi connectivity index (χ0n) is 24.7. The molecule has 0 unspecified atom stereocenters. The van der Waals surface area contributed by atoms with Crippen LogP contribution < -0.4 is 19.6 Å². The summed E-state index contributed by atoms with van der Waals surface area (Å²) in [7, 11) is 2.42. The average molecular weight is 671 g/mol. The lowest BCUT2D eigenvalue weighted by Crippen LogP contribution is -2.65. The topological polar surface area (TPSA) is 288 Å². The summed E-state index contributed by atoms with van der Waals surface area (Å²) in [6, 6.07) is 4.56. The number of ether oxygens (including phenoxy) is 6. The van der Waals surface area contributed by atoms with Crippen LogP contribution in [0.5, 0.6) is 34.5 Å². The number of phenols is 3. The highest BCUT2D eigenvalue weighted by molar-refractivity contribution is 5.93. The molecule has 5 rings (SSSR count). The SMILES string of the molecule is COc1cc(-c2oc3c(OC)c(O)cc(O)c3c(=O)c2O[C@@H]2O[C@H](CO)[C@@H](O)[C@@H](O)[C@@H]2O[C@@H]2O[C@H](CO)[C@@H](O)[C@H](O)[C@H]2O)ccc1O. The number of hydrogen-bond acceptors (Lipinski definition) is 18. The van der Waals surface area contributed by atoms with E-state index in [0.717, 1.165) is 13.2 Å². The summed E-state index contributed by atoms with van der Waals surface area (Å²) in [5, 5.41) is 103. The number of rotatable bonds is 9. The number of aliphatic hydroxyl groups is 7. The van der Waals surface area contributed by atoms with Crippen molar-refractivity contribution in [1.82, 2.24) is 0 Å². The molecule has 0 saturated carbocycles. The second kappa shape index (κ2) is 13.6. The lowest BCUT2D eigenvalue weighted by molar-refractivity contribution is -0.358. The fourth-order valence-electron chi connectivity index (χ4n) is 5.36. The van der Waals surface area contributed by atoms with E-state index in [4.69, 9.17) is 32.8 Å². The molecule has 0 amide bonds. The van der Waals surface area contributed by atoms with Crippen molar-refractivity contribution in [3.05, 3.63) is 34.5 Å². The van der Waals surface area contributed by atoms with Crippen molar-refractivity contribution in [3.63, 3.8) is 0 Å². The van der Waals surface area contributed by atoms with Crippen LogP contribution in [0, 0.1) is 0 Å². The molecule has 2 aliphatic rings. The highest BCUT2D eigenvalue weighted by Gasteiger charge is 2.51. The van der Waals surface area contributed by atoms with Gasteiger partial charge in [-0.2, -0.15) is 0 Å². The summed E-state index contributed by atoms with van der Waals surface area (Å²) < 4.78 is 38.9. The highest BCUT2D eigenvalue weighted by Crippen LogP contribution is 2.44. The van der Waals surface area contributed by atoms with Gasteiger partial charge >= 0.3 is 0 Å². The molecule has 258 valence electrons. The monoisotopic (exact) mass is 670 g/mol. The third kappa shape index (κ3) is 6.11. The Morgan fingerprint density at radius 1 is 0.723 bits per heavy atom. The van der Waals surface area contributed by atoms with Gasteiger partial charge in [0.05, 0.1) is 27.4 Å². The van der Waals surface area contributed by atoms with E-state index in [0.29, 0.717) is 0 Å². The number of aliphatic hydroxyl groups excluding tert-OH is 7. The normalized spacial score (nSPS) is 31.1. The Morgan fingerprint density at radius 2 is 1.36 bits per heavy atom. The lowest BCUT2D eigenvalue weighted by atomic mass is 9.97. The summed E-state index contributed by atoms with van der Waals surface area (Å²) in [5.74, 6) is -3.18. The molecule has 18 nitrogen and oxygen atoms in total. The van der Waals surface area contributed by atoms with Gasteiger partial charge in [0, 0.05) is 11.6 Å². The zero-order valence-corrected chi connectivity index (χ0v) is 24.7. The second-order valence-electron chi connectivity index (χ2n) is 10.8. The molecule has 0 aliphatic carbocycles. The first-order valence-corrected chi connectivity index (χ1v) is 14.1. The molecule has 10 atom stereocenters. The van der Waals surface area contributed by atoms with Crippen molar-refractivity contribution in [2.75, 3.05) is 27.4 Å². The number of aromatic hydroxyl groups is 3. The molecule has 0 bridgehead atoms. The predicted octanol–water partition coefficient (Wildman–Crippen LogP) is -2.40. The average Bonchev–Trinajstić information content (AvgIpc) is 3.05. The van der Waals surface area contributed by atoms with Gasteiger partial charge in [-0.3, -0.25) is 4.79 Å². The van der Waals surface area contributed by atoms with Crippen LogP contribution in [0.15, 0.2) is 33.5 Å². The van der Waals surface area contributed by atoms with Crippen molar-refractivity contribution in [3.8, 4) is 45.8 Å². The molecule has 10 N–H and O–H groups in total. The number of fused-ring (bicyclic) bond motifs is 1. The third-order valence-electron chi connectivity index (χ3n) is 7.88. The molecule has 1 aromatic heterocycles. The summed E-state index contributed by atoms with van der Waals surface area (Å²) in [6.45, 7) is -1.68. The molecular weight excluding hydrogens is 636 g/mol. The Hall–Kier alpha value is -3.95. The Labute approximate surface area is 264 Å². The van der Waals surface area contributed by atoms with Crippen LogP contribution in [-0.4, -0.2) is 140 Å². The second-order valence-corrected chi connectivity index (χ2v) is 10.8. The van der Waals surface area contributed by atoms with Crippen LogP contribution in [0.25, 0.3) is 22.3 Å². The van der Waals surface area contributed by atoms with E-state index >= 15 is 0 Å². The minimum atomic E-state index is -1.98. The Morgan fingerprint density at radius 3 is 1.98 bits per heavy atom. The lowest BCUT2D eigenvalue weighted by Gasteiger charge is -2.45. The Balaban J connectivity index is 1.66. The first kappa shape index (κ1) is 34.4. The molecule has 2 aromatic carbocycles. The van der Waals surface area contributed by atoms with Crippen LogP contribution in [-0.2, 0) is 14.2 Å². The van der Waals surface area contributed by atoms with E-state index in [-0.39, 0.29) is 22.8 Å². The van der Waals surface area contributed by atoms with Crippen molar-refractivity contribution < 1.29 is 83.9 Å². The Kier molecular flexibility index (Phi) is 9.99. The van der Waals surface area contributed by atoms with Gasteiger partial charge in [-0.1, -0.05) is 0 Å². The summed E-state index contributed by atoms with van der Waals surface area (Å²) >= 11 is 0. The van der Waals surface area contributed by atoms with Gasteiger partial charge in [-0.05, 0) is 18.2 Å². The minimum Gasteiger partial charge on any atom is -0.507 e. The van der Waals surface area contributed by atoms with Gasteiger partial charge < -0.3 is 83.9 Å². The number of benzene rings is 2. The zero-order chi connectivity index (χ0) is 34.3. The fourth-order valence-corrected chi connectivity index (χ4v) is 5.36. The maximum absolute atomic E-state index is 14.1. The van der Waals surface area contributed by atoms with Gasteiger partial charge in [0.15, 0.2) is 41.0 Å². The fraction of sp³-hybridized carbons (Fsp3) is 0.483. The van der Waals surface area contributed by atoms with Crippen LogP contribution >= 0.6 is 0 Å². The summed E-state index contributed by atoms with van der Waals surface area (Å²) in [4.78, 5) is 14.1. The number of phenolic OH excluding ortho intramolecular Hbond substituents is 3. The van der Waals surface area contributed by atoms with E-state index in [1.807, 2.05) is 0 Å². The molecule has 47 heavy (non-hydrogen) atoms. The molecule has 0 spiro atoms. The molecule has 3 heterocycles. The van der Waals surface area contributed by atoms with Gasteiger partial charge in [-0.25, -0.2) is 0 Å². The molecule has 2 fully saturated rings. The Bertz CT molecular complexity index is 1640. The van der Waals surface area contributed by atoms with E-state index in [1.165, 1.54) is 25.3 Å². The summed E-state index contributed by atoms with van der Waals surface area (Å²) in [6.07, 6.45) is -18.1. The van der Waals surface area contributed by atoms with E-state index in [1.54, 1.807) is 0 Å². The quantitative estimate of drug-likeness (QED) is 0.113. The standard InChI is InChI=1S/C29H34O18/c1-41-13-5-9(3-4-10(13)32)23-26(19(37)16-11(33)6-12(34)24(42-2)25(16)45-23)46-29-27(21(39)18(36)15(8-31)44-29)47-28-22(40)20(38)17(35)14(7-30)43-28/h3-6,14-15,17-18,20-22,27-36,38-40H,7-8H2,1-2H3/t14-,15-,17-,18-,20+,21-,22-,27+,28+,29+/m1/s1. The van der Waals surface area contributed by atoms with Gasteiger partial charge in [0.25, 0.3) is 0 Å². The number of hydrogen-bond donors (Lipinski definition) is 10. The number of methoxy groups -OCH3 is 2. The van der Waals surface area contributed by atoms with Crippen LogP contribution in [0.2, 0.25) is 0 Å². The maximum Gasteiger partial charge on any atom is 0.239 e. The van der Waals surface area contributed by atoms with Gasteiger partial charge in [0.2, 0.25) is 23.2 Å². The van der Waals surface area contributed by atoms with Crippen molar-refractivity contribution >= 4 is 11.0 Å². The molecule has 0 radical (unpaired) electrons. The van der Waals surface area contributed by atoms with Crippen molar-refractivity contribution in [2.24, 2.45) is 0 Å². The van der Waals surface area contributed by atoms with Crippen molar-refractivity contribution in [2.45, 2.75) is 61.4 Å². The molecule has 3 aromatic rings. The third-order valence-corrected chi connectivity index (χ3v) is 7.88. The highest BCUT2D eigenvalue weighted by atomic mass is 16.8. The first-order chi connectivity index (χ1) is 22.4. The minimum absolute atomic E-state index is 0.0278. The van der Waals surface area contributed by atoms with Gasteiger partial charge in [0.1, 0.15) is 53.9 Å². The molecule has 18 heteroatoms. The summed E-state index contributed by atoms with van der Waals surface area (Å²) in [5.41, 5.74) is -1.48. The maximum atomic E-state index is 14.1. The smallest absolute Gasteiger partial charge is 0.239 e. The molecule has 2 saturated heterocycles. The van der Waals surface area contributed by atoms with Crippen LogP contribution in [0.4, 0.5) is 0 Å². The largest absolute Gasteiger partial charge is 0.507 e. The molecular formula is C29H34O18. The van der Waals surface area contributed by atoms with E-state index in [9.17, 15) is 55.9 Å². The van der Waals surface area contributed by atoms with E-state index in [2.05, 4.69) is 0 Å². The van der Waals surface area contributed by atoms with Gasteiger partial charge in [-0.15, -0.1) is 0 Å². The van der Waals surface area contributed by atoms with Crippen LogP contribution in [0.3, 0.4) is 0 Å². The first-order valence-electron chi connectivity index (χ1n) is 14.1. The van der Waals surface area contributed by atoms with Crippen LogP contribution in [0.1, 0.15) is 0 Å². The van der Waals surface area contributed by atoms with E-state index < -0.39 is 114 Å². The predicted molar refractivity (Wildman–Crippen MR) is 153 cm³/mol. The van der Waals surface area contributed by atoms with Crippen molar-refractivity contribution in [1.29, 1.82) is 0 Å². The molecule has 2 aliphatic heterocycles.